The first kappa shape index (κ1) is 21.8. The van der Waals surface area contributed by atoms with Gasteiger partial charge in [0.05, 0.1) is 11.8 Å². The van der Waals surface area contributed by atoms with Crippen molar-refractivity contribution < 1.29 is 4.79 Å². The zero-order chi connectivity index (χ0) is 22.9. The molecule has 1 N–H and O–H groups in total. The first-order valence-corrected chi connectivity index (χ1v) is 11.2. The van der Waals surface area contributed by atoms with E-state index in [2.05, 4.69) is 68.3 Å². The number of rotatable bonds is 5. The van der Waals surface area contributed by atoms with E-state index in [-0.39, 0.29) is 11.4 Å². The number of allylic oxidation sites excluding steroid dienone is 1. The molecule has 4 heteroatoms. The maximum atomic E-state index is 12.8. The van der Waals surface area contributed by atoms with Crippen LogP contribution in [0.3, 0.4) is 0 Å². The highest BCUT2D eigenvalue weighted by Crippen LogP contribution is 2.40. The molecule has 0 saturated heterocycles. The Kier molecular flexibility index (Phi) is 5.88. The predicted octanol–water partition coefficient (Wildman–Crippen LogP) is 6.32. The SMILES string of the molecule is CCCN1c2cc(C)c(/C=N\NC(=O)c3cccc4ccccc34)cc2C(C)=CC1(C)C. The molecule has 164 valence electrons. The molecule has 3 aromatic carbocycles. The van der Waals surface area contributed by atoms with E-state index >= 15 is 0 Å². The van der Waals surface area contributed by atoms with Crippen LogP contribution in [0.25, 0.3) is 16.3 Å². The molecule has 4 rings (SSSR count). The summed E-state index contributed by atoms with van der Waals surface area (Å²) < 4.78 is 0. The van der Waals surface area contributed by atoms with Crippen LogP contribution in [0.15, 0.2) is 65.8 Å². The number of hydrazone groups is 1. The van der Waals surface area contributed by atoms with Gasteiger partial charge in [0.2, 0.25) is 0 Å². The topological polar surface area (TPSA) is 44.7 Å². The highest BCUT2D eigenvalue weighted by Gasteiger charge is 2.31. The van der Waals surface area contributed by atoms with Gasteiger partial charge in [0, 0.05) is 23.4 Å². The van der Waals surface area contributed by atoms with Crippen LogP contribution >= 0.6 is 0 Å². The number of nitrogens with one attached hydrogen (secondary N) is 1. The Hall–Kier alpha value is -3.40. The number of carbonyl (C=O) groups excluding carboxylic acids is 1. The summed E-state index contributed by atoms with van der Waals surface area (Å²) in [5, 5.41) is 6.25. The molecule has 1 heterocycles. The first-order chi connectivity index (χ1) is 15.3. The average molecular weight is 426 g/mol. The number of fused-ring (bicyclic) bond motifs is 2. The van der Waals surface area contributed by atoms with Crippen molar-refractivity contribution in [2.24, 2.45) is 5.10 Å². The zero-order valence-corrected chi connectivity index (χ0v) is 19.6. The van der Waals surface area contributed by atoms with Gasteiger partial charge in [-0.15, -0.1) is 0 Å². The molecular formula is C28H31N3O. The van der Waals surface area contributed by atoms with Gasteiger partial charge in [-0.2, -0.15) is 5.10 Å². The summed E-state index contributed by atoms with van der Waals surface area (Å²) in [7, 11) is 0. The first-order valence-electron chi connectivity index (χ1n) is 11.2. The van der Waals surface area contributed by atoms with E-state index in [4.69, 9.17) is 0 Å². The van der Waals surface area contributed by atoms with Gasteiger partial charge < -0.3 is 4.90 Å². The highest BCUT2D eigenvalue weighted by molar-refractivity contribution is 6.07. The van der Waals surface area contributed by atoms with Gasteiger partial charge in [-0.05, 0) is 79.8 Å². The fourth-order valence-electron chi connectivity index (χ4n) is 4.66. The van der Waals surface area contributed by atoms with Gasteiger partial charge in [0.25, 0.3) is 5.91 Å². The molecule has 1 aliphatic rings. The van der Waals surface area contributed by atoms with Gasteiger partial charge >= 0.3 is 0 Å². The lowest BCUT2D eigenvalue weighted by Gasteiger charge is -2.43. The maximum Gasteiger partial charge on any atom is 0.271 e. The van der Waals surface area contributed by atoms with Crippen molar-refractivity contribution in [1.29, 1.82) is 0 Å². The van der Waals surface area contributed by atoms with Crippen molar-refractivity contribution in [3.63, 3.8) is 0 Å². The second-order valence-corrected chi connectivity index (χ2v) is 9.08. The van der Waals surface area contributed by atoms with Crippen molar-refractivity contribution in [2.45, 2.75) is 46.6 Å². The zero-order valence-electron chi connectivity index (χ0n) is 19.6. The van der Waals surface area contributed by atoms with Gasteiger partial charge in [0.1, 0.15) is 0 Å². The Morgan fingerprint density at radius 3 is 2.62 bits per heavy atom. The molecule has 0 spiro atoms. The third-order valence-electron chi connectivity index (χ3n) is 6.22. The van der Waals surface area contributed by atoms with Gasteiger partial charge in [-0.25, -0.2) is 5.43 Å². The number of carbonyl (C=O) groups is 1. The standard InChI is InChI=1S/C28H31N3O/c1-6-14-31-26-15-19(2)22(16-25(26)20(3)17-28(31,4)5)18-29-30-27(32)24-13-9-11-21-10-7-8-12-23(21)24/h7-13,15-18H,6,14H2,1-5H3,(H,30,32)/b29-18-. The minimum absolute atomic E-state index is 0.0123. The number of anilines is 1. The molecular weight excluding hydrogens is 394 g/mol. The fraction of sp³-hybridized carbons (Fsp3) is 0.286. The van der Waals surface area contributed by atoms with Crippen molar-refractivity contribution in [1.82, 2.24) is 5.43 Å². The van der Waals surface area contributed by atoms with E-state index in [0.29, 0.717) is 5.56 Å². The van der Waals surface area contributed by atoms with Crippen molar-refractivity contribution in [2.75, 3.05) is 11.4 Å². The van der Waals surface area contributed by atoms with Crippen molar-refractivity contribution >= 4 is 34.2 Å². The van der Waals surface area contributed by atoms with Gasteiger partial charge in [-0.1, -0.05) is 49.4 Å². The lowest BCUT2D eigenvalue weighted by atomic mass is 9.87. The molecule has 0 unspecified atom stereocenters. The average Bonchev–Trinajstić information content (AvgIpc) is 2.76. The Morgan fingerprint density at radius 1 is 1.09 bits per heavy atom. The Labute approximate surface area is 190 Å². The van der Waals surface area contributed by atoms with Crippen LogP contribution in [-0.4, -0.2) is 24.2 Å². The highest BCUT2D eigenvalue weighted by atomic mass is 16.2. The lowest BCUT2D eigenvalue weighted by Crippen LogP contribution is -2.45. The number of hydrogen-bond acceptors (Lipinski definition) is 3. The Balaban J connectivity index is 1.60. The largest absolute Gasteiger partial charge is 0.362 e. The van der Waals surface area contributed by atoms with E-state index in [0.717, 1.165) is 34.9 Å². The minimum atomic E-state index is -0.208. The van der Waals surface area contributed by atoms with E-state index in [1.54, 1.807) is 6.21 Å². The van der Waals surface area contributed by atoms with Gasteiger partial charge in [-0.3, -0.25) is 4.79 Å². The summed E-state index contributed by atoms with van der Waals surface area (Å²) in [4.78, 5) is 15.2. The summed E-state index contributed by atoms with van der Waals surface area (Å²) in [6.07, 6.45) is 5.18. The van der Waals surface area contributed by atoms with Crippen LogP contribution in [0.4, 0.5) is 5.69 Å². The summed E-state index contributed by atoms with van der Waals surface area (Å²) in [6, 6.07) is 18.0. The molecule has 0 aromatic heterocycles. The Bertz CT molecular complexity index is 1230. The van der Waals surface area contributed by atoms with E-state index in [1.807, 2.05) is 42.5 Å². The number of benzene rings is 3. The molecule has 3 aromatic rings. The summed E-state index contributed by atoms with van der Waals surface area (Å²) in [6.45, 7) is 12.0. The summed E-state index contributed by atoms with van der Waals surface area (Å²) in [5.74, 6) is -0.208. The molecule has 0 atom stereocenters. The summed E-state index contributed by atoms with van der Waals surface area (Å²) >= 11 is 0. The molecule has 0 aliphatic carbocycles. The monoisotopic (exact) mass is 425 g/mol. The molecule has 0 radical (unpaired) electrons. The number of aryl methyl sites for hydroxylation is 1. The third-order valence-corrected chi connectivity index (χ3v) is 6.22. The summed E-state index contributed by atoms with van der Waals surface area (Å²) in [5.41, 5.74) is 9.23. The van der Waals surface area contributed by atoms with Crippen LogP contribution in [0.5, 0.6) is 0 Å². The van der Waals surface area contributed by atoms with Crippen molar-refractivity contribution in [3.05, 3.63) is 82.9 Å². The van der Waals surface area contributed by atoms with E-state index < -0.39 is 0 Å². The van der Waals surface area contributed by atoms with Crippen LogP contribution in [0, 0.1) is 6.92 Å². The fourth-order valence-corrected chi connectivity index (χ4v) is 4.66. The smallest absolute Gasteiger partial charge is 0.271 e. The normalized spacial score (nSPS) is 15.0. The predicted molar refractivity (Wildman–Crippen MR) is 136 cm³/mol. The molecule has 0 fully saturated rings. The lowest BCUT2D eigenvalue weighted by molar-refractivity contribution is 0.0957. The number of nitrogens with zero attached hydrogens (tertiary/aromatic N) is 2. The van der Waals surface area contributed by atoms with E-state index in [9.17, 15) is 4.79 Å². The van der Waals surface area contributed by atoms with Crippen LogP contribution in [-0.2, 0) is 0 Å². The van der Waals surface area contributed by atoms with Crippen LogP contribution in [0.2, 0.25) is 0 Å². The van der Waals surface area contributed by atoms with Gasteiger partial charge in [0.15, 0.2) is 0 Å². The molecule has 32 heavy (non-hydrogen) atoms. The molecule has 1 aliphatic heterocycles. The van der Waals surface area contributed by atoms with E-state index in [1.165, 1.54) is 16.8 Å². The number of hydrogen-bond donors (Lipinski definition) is 1. The second-order valence-electron chi connectivity index (χ2n) is 9.08. The molecule has 0 saturated carbocycles. The molecule has 1 amide bonds. The quantitative estimate of drug-likeness (QED) is 0.384. The van der Waals surface area contributed by atoms with Crippen molar-refractivity contribution in [3.8, 4) is 0 Å². The molecule has 4 nitrogen and oxygen atoms in total. The minimum Gasteiger partial charge on any atom is -0.362 e. The van der Waals surface area contributed by atoms with Crippen LogP contribution < -0.4 is 10.3 Å². The van der Waals surface area contributed by atoms with Crippen LogP contribution in [0.1, 0.15) is 61.2 Å². The Morgan fingerprint density at radius 2 is 1.84 bits per heavy atom. The number of amides is 1. The maximum absolute atomic E-state index is 12.8. The molecule has 0 bridgehead atoms. The third kappa shape index (κ3) is 4.05. The second kappa shape index (κ2) is 8.62.